The monoisotopic (exact) mass is 411 g/mol. The van der Waals surface area contributed by atoms with Crippen molar-refractivity contribution < 1.29 is 4.74 Å². The van der Waals surface area contributed by atoms with Crippen LogP contribution in [0.25, 0.3) is 0 Å². The number of nitrogens with zero attached hydrogens (tertiary/aromatic N) is 1. The molecule has 114 valence electrons. The maximum atomic E-state index is 6.10. The Balaban J connectivity index is 0.00000361. The largest absolute Gasteiger partial charge is 0.382 e. The predicted octanol–water partition coefficient (Wildman–Crippen LogP) is 3.05. The Hall–Kier alpha value is -0.530. The molecule has 0 heterocycles. The number of halogens is 2. The van der Waals surface area contributed by atoms with Gasteiger partial charge < -0.3 is 15.4 Å². The van der Waals surface area contributed by atoms with Gasteiger partial charge in [0.2, 0.25) is 0 Å². The molecular weight excluding hydrogens is 389 g/mol. The summed E-state index contributed by atoms with van der Waals surface area (Å²) < 4.78 is 5.28. The summed E-state index contributed by atoms with van der Waals surface area (Å²) in [5.74, 6) is 0.774. The van der Waals surface area contributed by atoms with Gasteiger partial charge in [-0.25, -0.2) is 0 Å². The summed E-state index contributed by atoms with van der Waals surface area (Å²) in [6, 6.07) is 7.78. The molecular formula is C14H23ClIN3O. The van der Waals surface area contributed by atoms with Gasteiger partial charge in [-0.05, 0) is 25.0 Å². The molecule has 0 bridgehead atoms. The van der Waals surface area contributed by atoms with Crippen LogP contribution in [0, 0.1) is 0 Å². The zero-order chi connectivity index (χ0) is 13.9. The van der Waals surface area contributed by atoms with Crippen LogP contribution in [0.5, 0.6) is 0 Å². The van der Waals surface area contributed by atoms with Crippen molar-refractivity contribution in [1.29, 1.82) is 0 Å². The molecule has 20 heavy (non-hydrogen) atoms. The van der Waals surface area contributed by atoms with Gasteiger partial charge >= 0.3 is 0 Å². The third-order valence-corrected chi connectivity index (χ3v) is 2.96. The number of benzene rings is 1. The summed E-state index contributed by atoms with van der Waals surface area (Å²) in [5, 5.41) is 7.23. The fourth-order valence-electron chi connectivity index (χ4n) is 1.57. The maximum Gasteiger partial charge on any atom is 0.191 e. The third kappa shape index (κ3) is 7.91. The highest BCUT2D eigenvalue weighted by Crippen LogP contribution is 2.13. The summed E-state index contributed by atoms with van der Waals surface area (Å²) in [6.07, 6.45) is 0.959. The van der Waals surface area contributed by atoms with Gasteiger partial charge in [-0.2, -0.15) is 0 Å². The van der Waals surface area contributed by atoms with E-state index in [0.717, 1.165) is 42.7 Å². The number of guanidine groups is 1. The second kappa shape index (κ2) is 12.2. The Kier molecular flexibility index (Phi) is 11.9. The molecule has 0 saturated heterocycles. The van der Waals surface area contributed by atoms with E-state index in [0.29, 0.717) is 6.54 Å². The van der Waals surface area contributed by atoms with E-state index in [-0.39, 0.29) is 24.0 Å². The van der Waals surface area contributed by atoms with E-state index >= 15 is 0 Å². The van der Waals surface area contributed by atoms with Gasteiger partial charge in [0.1, 0.15) is 0 Å². The van der Waals surface area contributed by atoms with Gasteiger partial charge in [0.05, 0.1) is 0 Å². The predicted molar refractivity (Wildman–Crippen MR) is 96.2 cm³/mol. The lowest BCUT2D eigenvalue weighted by Gasteiger charge is -2.12. The van der Waals surface area contributed by atoms with E-state index in [1.165, 1.54) is 0 Å². The highest BCUT2D eigenvalue weighted by molar-refractivity contribution is 14.0. The molecule has 4 nitrogen and oxygen atoms in total. The molecule has 2 N–H and O–H groups in total. The molecule has 0 fully saturated rings. The zero-order valence-electron chi connectivity index (χ0n) is 12.0. The molecule has 0 aromatic heterocycles. The van der Waals surface area contributed by atoms with Gasteiger partial charge in [-0.3, -0.25) is 4.99 Å². The Labute approximate surface area is 143 Å². The molecule has 0 aliphatic rings. The SMILES string of the molecule is CCOCCCNC(=NC)NCc1ccccc1Cl.I. The number of ether oxygens (including phenoxy) is 1. The standard InChI is InChI=1S/C14H22ClN3O.HI/c1-3-19-10-6-9-17-14(16-2)18-11-12-7-4-5-8-13(12)15;/h4-5,7-8H,3,6,9-11H2,1-2H3,(H2,16,17,18);1H. The van der Waals surface area contributed by atoms with Crippen molar-refractivity contribution in [1.82, 2.24) is 10.6 Å². The Morgan fingerprint density at radius 3 is 2.70 bits per heavy atom. The number of rotatable bonds is 7. The van der Waals surface area contributed by atoms with Crippen LogP contribution in [0.15, 0.2) is 29.3 Å². The molecule has 1 aromatic rings. The first-order valence-electron chi connectivity index (χ1n) is 6.53. The quantitative estimate of drug-likeness (QED) is 0.314. The number of aliphatic imine (C=N–C) groups is 1. The van der Waals surface area contributed by atoms with Crippen LogP contribution in [-0.2, 0) is 11.3 Å². The summed E-state index contributed by atoms with van der Waals surface area (Å²) >= 11 is 6.10. The minimum atomic E-state index is 0. The van der Waals surface area contributed by atoms with Crippen molar-refractivity contribution in [2.24, 2.45) is 4.99 Å². The van der Waals surface area contributed by atoms with Crippen LogP contribution in [0.2, 0.25) is 5.02 Å². The molecule has 0 aliphatic heterocycles. The third-order valence-electron chi connectivity index (χ3n) is 2.59. The van der Waals surface area contributed by atoms with Crippen LogP contribution >= 0.6 is 35.6 Å². The summed E-state index contributed by atoms with van der Waals surface area (Å²) in [7, 11) is 1.75. The van der Waals surface area contributed by atoms with Crippen LogP contribution < -0.4 is 10.6 Å². The Bertz CT molecular complexity index is 402. The van der Waals surface area contributed by atoms with Crippen LogP contribution in [0.3, 0.4) is 0 Å². The van der Waals surface area contributed by atoms with Gasteiger partial charge in [0.25, 0.3) is 0 Å². The number of nitrogens with one attached hydrogen (secondary N) is 2. The van der Waals surface area contributed by atoms with Crippen molar-refractivity contribution in [2.45, 2.75) is 19.9 Å². The lowest BCUT2D eigenvalue weighted by atomic mass is 10.2. The van der Waals surface area contributed by atoms with E-state index < -0.39 is 0 Å². The van der Waals surface area contributed by atoms with E-state index in [1.807, 2.05) is 31.2 Å². The zero-order valence-corrected chi connectivity index (χ0v) is 15.1. The molecule has 6 heteroatoms. The second-order valence-corrected chi connectivity index (χ2v) is 4.40. The first-order valence-corrected chi connectivity index (χ1v) is 6.91. The number of hydrogen-bond acceptors (Lipinski definition) is 2. The van der Waals surface area contributed by atoms with Gasteiger partial charge in [-0.1, -0.05) is 29.8 Å². The summed E-state index contributed by atoms with van der Waals surface area (Å²) in [4.78, 5) is 4.16. The van der Waals surface area contributed by atoms with E-state index in [2.05, 4.69) is 15.6 Å². The average Bonchev–Trinajstić information content (AvgIpc) is 2.43. The topological polar surface area (TPSA) is 45.6 Å². The van der Waals surface area contributed by atoms with E-state index in [9.17, 15) is 0 Å². The highest BCUT2D eigenvalue weighted by Gasteiger charge is 2.01. The van der Waals surface area contributed by atoms with Crippen molar-refractivity contribution in [2.75, 3.05) is 26.8 Å². The molecule has 0 radical (unpaired) electrons. The molecule has 0 aliphatic carbocycles. The Morgan fingerprint density at radius 1 is 1.30 bits per heavy atom. The van der Waals surface area contributed by atoms with Crippen LogP contribution in [-0.4, -0.2) is 32.8 Å². The van der Waals surface area contributed by atoms with Crippen molar-refractivity contribution in [3.63, 3.8) is 0 Å². The molecule has 1 rings (SSSR count). The minimum Gasteiger partial charge on any atom is -0.382 e. The minimum absolute atomic E-state index is 0. The van der Waals surface area contributed by atoms with Gasteiger partial charge in [0.15, 0.2) is 5.96 Å². The average molecular weight is 412 g/mol. The van der Waals surface area contributed by atoms with E-state index in [1.54, 1.807) is 7.05 Å². The van der Waals surface area contributed by atoms with Gasteiger partial charge in [0, 0.05) is 38.4 Å². The molecule has 0 unspecified atom stereocenters. The van der Waals surface area contributed by atoms with Crippen molar-refractivity contribution in [3.05, 3.63) is 34.9 Å². The second-order valence-electron chi connectivity index (χ2n) is 3.99. The summed E-state index contributed by atoms with van der Waals surface area (Å²) in [6.45, 7) is 5.02. The van der Waals surface area contributed by atoms with Crippen molar-refractivity contribution in [3.8, 4) is 0 Å². The fraction of sp³-hybridized carbons (Fsp3) is 0.500. The van der Waals surface area contributed by atoms with Crippen molar-refractivity contribution >= 4 is 41.5 Å². The Morgan fingerprint density at radius 2 is 2.05 bits per heavy atom. The molecule has 1 aromatic carbocycles. The maximum absolute atomic E-state index is 6.10. The molecule has 0 saturated carbocycles. The van der Waals surface area contributed by atoms with Gasteiger partial charge in [-0.15, -0.1) is 24.0 Å². The lowest BCUT2D eigenvalue weighted by molar-refractivity contribution is 0.145. The first-order chi connectivity index (χ1) is 9.27. The smallest absolute Gasteiger partial charge is 0.191 e. The van der Waals surface area contributed by atoms with E-state index in [4.69, 9.17) is 16.3 Å². The highest BCUT2D eigenvalue weighted by atomic mass is 127. The molecule has 0 amide bonds. The van der Waals surface area contributed by atoms with Crippen LogP contribution in [0.4, 0.5) is 0 Å². The summed E-state index contributed by atoms with van der Waals surface area (Å²) in [5.41, 5.74) is 1.06. The lowest BCUT2D eigenvalue weighted by Crippen LogP contribution is -2.37. The molecule has 0 spiro atoms. The number of hydrogen-bond donors (Lipinski definition) is 2. The fourth-order valence-corrected chi connectivity index (χ4v) is 1.77. The normalized spacial score (nSPS) is 10.8. The molecule has 0 atom stereocenters. The first kappa shape index (κ1) is 19.5. The van der Waals surface area contributed by atoms with Crippen LogP contribution in [0.1, 0.15) is 18.9 Å².